The second kappa shape index (κ2) is 7.08. The number of benzene rings is 2. The Morgan fingerprint density at radius 1 is 1.16 bits per heavy atom. The lowest BCUT2D eigenvalue weighted by Crippen LogP contribution is -2.25. The fraction of sp³-hybridized carbons (Fsp3) is 0.200. The van der Waals surface area contributed by atoms with Gasteiger partial charge in [-0.25, -0.2) is 4.39 Å². The second-order valence-corrected chi connectivity index (χ2v) is 6.38. The highest BCUT2D eigenvalue weighted by molar-refractivity contribution is 9.10. The molecule has 0 aliphatic heterocycles. The van der Waals surface area contributed by atoms with E-state index in [4.69, 9.17) is 5.73 Å². The highest BCUT2D eigenvalue weighted by atomic mass is 79.9. The summed E-state index contributed by atoms with van der Waals surface area (Å²) in [4.78, 5) is 1.21. The third-order valence-corrected chi connectivity index (χ3v) is 4.29. The Balaban J connectivity index is 1.89. The molecule has 0 saturated heterocycles. The molecule has 19 heavy (non-hydrogen) atoms. The lowest BCUT2D eigenvalue weighted by Gasteiger charge is -2.11. The van der Waals surface area contributed by atoms with E-state index in [1.807, 2.05) is 24.3 Å². The number of halogens is 2. The van der Waals surface area contributed by atoms with Crippen LogP contribution in [0, 0.1) is 5.82 Å². The summed E-state index contributed by atoms with van der Waals surface area (Å²) in [6.07, 6.45) is 0.677. The number of rotatable bonds is 5. The first kappa shape index (κ1) is 14.6. The number of thioether (sulfide) groups is 1. The average molecular weight is 340 g/mol. The molecule has 2 aromatic carbocycles. The molecule has 2 rings (SSSR count). The van der Waals surface area contributed by atoms with E-state index in [0.717, 1.165) is 15.8 Å². The molecule has 4 heteroatoms. The van der Waals surface area contributed by atoms with Gasteiger partial charge in [-0.2, -0.15) is 0 Å². The monoisotopic (exact) mass is 339 g/mol. The van der Waals surface area contributed by atoms with Crippen molar-refractivity contribution < 1.29 is 4.39 Å². The van der Waals surface area contributed by atoms with Gasteiger partial charge in [-0.15, -0.1) is 11.8 Å². The Kier molecular flexibility index (Phi) is 5.43. The lowest BCUT2D eigenvalue weighted by atomic mass is 10.1. The average Bonchev–Trinajstić information content (AvgIpc) is 2.36. The number of hydrogen-bond acceptors (Lipinski definition) is 2. The van der Waals surface area contributed by atoms with E-state index in [-0.39, 0.29) is 11.9 Å². The van der Waals surface area contributed by atoms with Crippen molar-refractivity contribution >= 4 is 27.7 Å². The molecule has 0 saturated carbocycles. The van der Waals surface area contributed by atoms with Crippen molar-refractivity contribution in [3.63, 3.8) is 0 Å². The molecule has 2 N–H and O–H groups in total. The maximum atomic E-state index is 13.3. The highest BCUT2D eigenvalue weighted by Gasteiger charge is 2.07. The van der Waals surface area contributed by atoms with Crippen molar-refractivity contribution in [1.82, 2.24) is 0 Å². The molecule has 0 fully saturated rings. The van der Waals surface area contributed by atoms with Crippen LogP contribution in [-0.2, 0) is 6.42 Å². The smallest absolute Gasteiger partial charge is 0.124 e. The fourth-order valence-corrected chi connectivity index (χ4v) is 3.20. The number of hydrogen-bond donors (Lipinski definition) is 1. The van der Waals surface area contributed by atoms with Crippen molar-refractivity contribution in [2.24, 2.45) is 5.73 Å². The Hall–Kier alpha value is -0.840. The minimum Gasteiger partial charge on any atom is -0.327 e. The van der Waals surface area contributed by atoms with Crippen molar-refractivity contribution in [1.29, 1.82) is 0 Å². The Bertz CT molecular complexity index is 513. The van der Waals surface area contributed by atoms with E-state index >= 15 is 0 Å². The van der Waals surface area contributed by atoms with Crippen molar-refractivity contribution in [3.8, 4) is 0 Å². The van der Waals surface area contributed by atoms with Gasteiger partial charge < -0.3 is 5.73 Å². The summed E-state index contributed by atoms with van der Waals surface area (Å²) in [7, 11) is 0. The van der Waals surface area contributed by atoms with Crippen LogP contribution in [-0.4, -0.2) is 11.8 Å². The van der Waals surface area contributed by atoms with Crippen LogP contribution in [0.4, 0.5) is 4.39 Å². The van der Waals surface area contributed by atoms with Crippen LogP contribution in [0.3, 0.4) is 0 Å². The zero-order valence-corrected chi connectivity index (χ0v) is 12.8. The highest BCUT2D eigenvalue weighted by Crippen LogP contribution is 2.20. The molecule has 1 unspecified atom stereocenters. The molecule has 1 nitrogen and oxygen atoms in total. The van der Waals surface area contributed by atoms with Crippen molar-refractivity contribution in [2.75, 3.05) is 5.75 Å². The third-order valence-electron chi connectivity index (χ3n) is 2.63. The van der Waals surface area contributed by atoms with Crippen LogP contribution in [0.5, 0.6) is 0 Å². The first-order valence-corrected chi connectivity index (χ1v) is 7.80. The fourth-order valence-electron chi connectivity index (χ4n) is 1.81. The predicted octanol–water partition coefficient (Wildman–Crippen LogP) is 4.25. The van der Waals surface area contributed by atoms with E-state index in [9.17, 15) is 4.39 Å². The zero-order chi connectivity index (χ0) is 13.7. The van der Waals surface area contributed by atoms with Gasteiger partial charge in [0.05, 0.1) is 0 Å². The largest absolute Gasteiger partial charge is 0.327 e. The van der Waals surface area contributed by atoms with Gasteiger partial charge in [0.2, 0.25) is 0 Å². The van der Waals surface area contributed by atoms with E-state index in [1.165, 1.54) is 17.0 Å². The van der Waals surface area contributed by atoms with Crippen LogP contribution in [0.15, 0.2) is 57.9 Å². The minimum absolute atomic E-state index is 0.0129. The second-order valence-electron chi connectivity index (χ2n) is 4.37. The molecule has 0 amide bonds. The van der Waals surface area contributed by atoms with Crippen LogP contribution in [0.2, 0.25) is 0 Å². The summed E-state index contributed by atoms with van der Waals surface area (Å²) in [5.74, 6) is 0.588. The van der Waals surface area contributed by atoms with Crippen LogP contribution < -0.4 is 5.73 Å². The molecular formula is C15H15BrFNS. The van der Waals surface area contributed by atoms with Gasteiger partial charge in [0, 0.05) is 21.2 Å². The standard InChI is InChI=1S/C15H15BrFNS/c16-12-6-11(7-13(17)9-12)8-14(18)10-19-15-4-2-1-3-5-15/h1-7,9,14H,8,10,18H2. The third kappa shape index (κ3) is 4.97. The minimum atomic E-state index is -0.229. The summed E-state index contributed by atoms with van der Waals surface area (Å²) < 4.78 is 14.0. The van der Waals surface area contributed by atoms with Gasteiger partial charge in [0.25, 0.3) is 0 Å². The van der Waals surface area contributed by atoms with Crippen LogP contribution in [0.1, 0.15) is 5.56 Å². The van der Waals surface area contributed by atoms with Gasteiger partial charge >= 0.3 is 0 Å². The first-order valence-electron chi connectivity index (χ1n) is 6.02. The summed E-state index contributed by atoms with van der Waals surface area (Å²) in [5.41, 5.74) is 7.02. The van der Waals surface area contributed by atoms with E-state index in [2.05, 4.69) is 28.1 Å². The first-order chi connectivity index (χ1) is 9.13. The van der Waals surface area contributed by atoms with Gasteiger partial charge in [-0.1, -0.05) is 34.1 Å². The van der Waals surface area contributed by atoms with Gasteiger partial charge in [0.1, 0.15) is 5.82 Å². The molecule has 0 heterocycles. The lowest BCUT2D eigenvalue weighted by molar-refractivity contribution is 0.622. The summed E-state index contributed by atoms with van der Waals surface area (Å²) in [5, 5.41) is 0. The molecule has 1 atom stereocenters. The van der Waals surface area contributed by atoms with E-state index in [0.29, 0.717) is 6.42 Å². The molecule has 0 aliphatic rings. The molecule has 0 aromatic heterocycles. The molecule has 2 aromatic rings. The number of nitrogens with two attached hydrogens (primary N) is 1. The quantitative estimate of drug-likeness (QED) is 0.824. The molecule has 0 radical (unpaired) electrons. The van der Waals surface area contributed by atoms with Gasteiger partial charge in [0.15, 0.2) is 0 Å². The van der Waals surface area contributed by atoms with E-state index < -0.39 is 0 Å². The topological polar surface area (TPSA) is 26.0 Å². The molecule has 100 valence electrons. The SMILES string of the molecule is NC(CSc1ccccc1)Cc1cc(F)cc(Br)c1. The Labute approximate surface area is 125 Å². The van der Waals surface area contributed by atoms with Gasteiger partial charge in [-0.05, 0) is 42.3 Å². The Morgan fingerprint density at radius 3 is 2.58 bits per heavy atom. The Morgan fingerprint density at radius 2 is 1.89 bits per heavy atom. The molecular weight excluding hydrogens is 325 g/mol. The zero-order valence-electron chi connectivity index (χ0n) is 10.4. The van der Waals surface area contributed by atoms with E-state index in [1.54, 1.807) is 11.8 Å². The normalized spacial score (nSPS) is 12.4. The van der Waals surface area contributed by atoms with Crippen LogP contribution >= 0.6 is 27.7 Å². The molecule has 0 spiro atoms. The summed E-state index contributed by atoms with van der Waals surface area (Å²) in [6.45, 7) is 0. The van der Waals surface area contributed by atoms with Gasteiger partial charge in [-0.3, -0.25) is 0 Å². The predicted molar refractivity (Wildman–Crippen MR) is 82.9 cm³/mol. The summed E-state index contributed by atoms with van der Waals surface area (Å²) >= 11 is 5.02. The molecule has 0 aliphatic carbocycles. The summed E-state index contributed by atoms with van der Waals surface area (Å²) in [6, 6.07) is 15.1. The maximum Gasteiger partial charge on any atom is 0.124 e. The maximum absolute atomic E-state index is 13.3. The van der Waals surface area contributed by atoms with Crippen molar-refractivity contribution in [3.05, 3.63) is 64.4 Å². The molecule has 0 bridgehead atoms. The van der Waals surface area contributed by atoms with Crippen molar-refractivity contribution in [2.45, 2.75) is 17.4 Å². The van der Waals surface area contributed by atoms with Crippen LogP contribution in [0.25, 0.3) is 0 Å².